The predicted octanol–water partition coefficient (Wildman–Crippen LogP) is 2.03. The number of carbonyl (C=O) groups excluding carboxylic acids is 1. The van der Waals surface area contributed by atoms with Crippen LogP contribution in [0.5, 0.6) is 0 Å². The molecule has 0 radical (unpaired) electrons. The van der Waals surface area contributed by atoms with Gasteiger partial charge >= 0.3 is 5.97 Å². The molecular weight excluding hydrogens is 330 g/mol. The van der Waals surface area contributed by atoms with Gasteiger partial charge in [-0.15, -0.1) is 0 Å². The van der Waals surface area contributed by atoms with Gasteiger partial charge in [0.25, 0.3) is 0 Å². The Morgan fingerprint density at radius 2 is 1.67 bits per heavy atom. The second-order valence-electron chi connectivity index (χ2n) is 6.18. The highest BCUT2D eigenvalue weighted by molar-refractivity contribution is 7.92. The largest absolute Gasteiger partial charge is 0.480 e. The monoisotopic (exact) mass is 355 g/mol. The highest BCUT2D eigenvalue weighted by Gasteiger charge is 2.25. The van der Waals surface area contributed by atoms with E-state index in [9.17, 15) is 23.1 Å². The van der Waals surface area contributed by atoms with E-state index >= 15 is 0 Å². The van der Waals surface area contributed by atoms with Crippen molar-refractivity contribution in [1.82, 2.24) is 5.32 Å². The summed E-state index contributed by atoms with van der Waals surface area (Å²) in [6.45, 7) is 6.85. The van der Waals surface area contributed by atoms with E-state index in [-0.39, 0.29) is 17.2 Å². The van der Waals surface area contributed by atoms with Gasteiger partial charge in [-0.3, -0.25) is 4.79 Å². The number of sulfone groups is 1. The number of hydrogen-bond acceptors (Lipinski definition) is 4. The first-order valence-corrected chi connectivity index (χ1v) is 9.49. The molecule has 0 aliphatic rings. The zero-order valence-corrected chi connectivity index (χ0v) is 15.3. The topological polar surface area (TPSA) is 101 Å². The standard InChI is InChI=1S/C17H25NO5S/c1-5-12(4)16(17(20)21)18-15(19)10-13-6-8-14(9-7-13)24(22,23)11(2)3/h6-9,11-12,16H,5,10H2,1-4H3,(H,18,19)(H,20,21). The minimum atomic E-state index is -3.35. The fraction of sp³-hybridized carbons (Fsp3) is 0.529. The van der Waals surface area contributed by atoms with Crippen LogP contribution in [0.3, 0.4) is 0 Å². The zero-order chi connectivity index (χ0) is 18.5. The van der Waals surface area contributed by atoms with Crippen molar-refractivity contribution < 1.29 is 23.1 Å². The molecule has 24 heavy (non-hydrogen) atoms. The van der Waals surface area contributed by atoms with Crippen molar-refractivity contribution in [2.45, 2.75) is 56.7 Å². The molecule has 0 saturated heterocycles. The van der Waals surface area contributed by atoms with Crippen LogP contribution in [0.25, 0.3) is 0 Å². The number of carbonyl (C=O) groups is 2. The first-order valence-electron chi connectivity index (χ1n) is 7.94. The van der Waals surface area contributed by atoms with E-state index in [4.69, 9.17) is 0 Å². The third kappa shape index (κ3) is 5.06. The van der Waals surface area contributed by atoms with Gasteiger partial charge in [0.2, 0.25) is 5.91 Å². The Hall–Kier alpha value is -1.89. The molecule has 0 aliphatic heterocycles. The Labute approximate surface area is 143 Å². The van der Waals surface area contributed by atoms with Crippen molar-refractivity contribution in [2.24, 2.45) is 5.92 Å². The first-order chi connectivity index (χ1) is 11.1. The lowest BCUT2D eigenvalue weighted by Gasteiger charge is -2.20. The second-order valence-corrected chi connectivity index (χ2v) is 8.69. The van der Waals surface area contributed by atoms with Crippen LogP contribution in [0.2, 0.25) is 0 Å². The molecule has 6 nitrogen and oxygen atoms in total. The summed E-state index contributed by atoms with van der Waals surface area (Å²) in [7, 11) is -3.35. The number of nitrogens with one attached hydrogen (secondary N) is 1. The summed E-state index contributed by atoms with van der Waals surface area (Å²) in [5, 5.41) is 11.2. The van der Waals surface area contributed by atoms with Crippen molar-refractivity contribution >= 4 is 21.7 Å². The lowest BCUT2D eigenvalue weighted by atomic mass is 9.99. The highest BCUT2D eigenvalue weighted by Crippen LogP contribution is 2.17. The second kappa shape index (κ2) is 8.28. The molecule has 1 amide bonds. The smallest absolute Gasteiger partial charge is 0.326 e. The van der Waals surface area contributed by atoms with Gasteiger partial charge in [0.15, 0.2) is 9.84 Å². The summed E-state index contributed by atoms with van der Waals surface area (Å²) < 4.78 is 24.1. The average molecular weight is 355 g/mol. The molecule has 2 N–H and O–H groups in total. The lowest BCUT2D eigenvalue weighted by Crippen LogP contribution is -2.45. The van der Waals surface area contributed by atoms with Crippen LogP contribution >= 0.6 is 0 Å². The highest BCUT2D eigenvalue weighted by atomic mass is 32.2. The SMILES string of the molecule is CCC(C)C(NC(=O)Cc1ccc(S(=O)(=O)C(C)C)cc1)C(=O)O. The molecular formula is C17H25NO5S. The van der Waals surface area contributed by atoms with E-state index in [1.165, 1.54) is 12.1 Å². The van der Waals surface area contributed by atoms with Crippen molar-refractivity contribution in [3.63, 3.8) is 0 Å². The summed E-state index contributed by atoms with van der Waals surface area (Å²) in [6, 6.07) is 5.17. The Morgan fingerprint density at radius 3 is 2.08 bits per heavy atom. The van der Waals surface area contributed by atoms with Crippen molar-refractivity contribution in [1.29, 1.82) is 0 Å². The van der Waals surface area contributed by atoms with E-state index in [1.807, 2.05) is 6.92 Å². The quantitative estimate of drug-likeness (QED) is 0.743. The molecule has 0 heterocycles. The minimum Gasteiger partial charge on any atom is -0.480 e. The normalized spacial score (nSPS) is 14.2. The van der Waals surface area contributed by atoms with Gasteiger partial charge in [-0.1, -0.05) is 32.4 Å². The summed E-state index contributed by atoms with van der Waals surface area (Å²) in [4.78, 5) is 23.5. The average Bonchev–Trinajstić information content (AvgIpc) is 2.52. The number of amides is 1. The molecule has 0 spiro atoms. The zero-order valence-electron chi connectivity index (χ0n) is 14.4. The van der Waals surface area contributed by atoms with E-state index in [0.717, 1.165) is 0 Å². The van der Waals surface area contributed by atoms with Gasteiger partial charge in [-0.2, -0.15) is 0 Å². The van der Waals surface area contributed by atoms with Crippen LogP contribution in [0, 0.1) is 5.92 Å². The molecule has 0 bridgehead atoms. The van der Waals surface area contributed by atoms with E-state index < -0.39 is 33.0 Å². The van der Waals surface area contributed by atoms with Crippen molar-refractivity contribution in [2.75, 3.05) is 0 Å². The maximum Gasteiger partial charge on any atom is 0.326 e. The van der Waals surface area contributed by atoms with Gasteiger partial charge in [-0.05, 0) is 37.5 Å². The number of hydrogen-bond donors (Lipinski definition) is 2. The Morgan fingerprint density at radius 1 is 1.12 bits per heavy atom. The molecule has 0 aromatic heterocycles. The minimum absolute atomic E-state index is 0.00220. The third-order valence-electron chi connectivity index (χ3n) is 4.03. The Bertz CT molecular complexity index is 679. The van der Waals surface area contributed by atoms with Crippen molar-refractivity contribution in [3.05, 3.63) is 29.8 Å². The van der Waals surface area contributed by atoms with Crippen LogP contribution < -0.4 is 5.32 Å². The Kier molecular flexibility index (Phi) is 6.95. The predicted molar refractivity (Wildman–Crippen MR) is 91.5 cm³/mol. The molecule has 1 aromatic rings. The number of rotatable bonds is 8. The molecule has 2 unspecified atom stereocenters. The number of carboxylic acids is 1. The summed E-state index contributed by atoms with van der Waals surface area (Å²) >= 11 is 0. The van der Waals surface area contributed by atoms with E-state index in [2.05, 4.69) is 5.32 Å². The number of benzene rings is 1. The van der Waals surface area contributed by atoms with Crippen LogP contribution in [-0.4, -0.2) is 36.7 Å². The van der Waals surface area contributed by atoms with Crippen LogP contribution in [0.1, 0.15) is 39.7 Å². The number of carboxylic acid groups (broad SMARTS) is 1. The van der Waals surface area contributed by atoms with Gasteiger partial charge < -0.3 is 10.4 Å². The van der Waals surface area contributed by atoms with Gasteiger partial charge in [-0.25, -0.2) is 13.2 Å². The first kappa shape index (κ1) is 20.2. The molecule has 0 aliphatic carbocycles. The summed E-state index contributed by atoms with van der Waals surface area (Å²) in [5.41, 5.74) is 0.628. The number of aliphatic carboxylic acids is 1. The molecule has 1 rings (SSSR count). The van der Waals surface area contributed by atoms with Crippen LogP contribution in [0.4, 0.5) is 0 Å². The van der Waals surface area contributed by atoms with Gasteiger partial charge in [0, 0.05) is 0 Å². The van der Waals surface area contributed by atoms with Gasteiger partial charge in [0.05, 0.1) is 16.6 Å². The molecule has 0 saturated carbocycles. The van der Waals surface area contributed by atoms with E-state index in [0.29, 0.717) is 12.0 Å². The Balaban J connectivity index is 2.80. The maximum atomic E-state index is 12.0. The van der Waals surface area contributed by atoms with Crippen molar-refractivity contribution in [3.8, 4) is 0 Å². The van der Waals surface area contributed by atoms with Crippen LogP contribution in [0.15, 0.2) is 29.2 Å². The lowest BCUT2D eigenvalue weighted by molar-refractivity contribution is -0.143. The molecule has 7 heteroatoms. The fourth-order valence-corrected chi connectivity index (χ4v) is 3.22. The molecule has 2 atom stereocenters. The molecule has 0 fully saturated rings. The van der Waals surface area contributed by atoms with E-state index in [1.54, 1.807) is 32.9 Å². The van der Waals surface area contributed by atoms with Crippen LogP contribution in [-0.2, 0) is 25.8 Å². The third-order valence-corrected chi connectivity index (χ3v) is 6.20. The molecule has 1 aromatic carbocycles. The summed E-state index contributed by atoms with van der Waals surface area (Å²) in [6.07, 6.45) is 0.640. The summed E-state index contributed by atoms with van der Waals surface area (Å²) in [5.74, 6) is -1.64. The fourth-order valence-electron chi connectivity index (χ4n) is 2.16. The molecule has 134 valence electrons. The van der Waals surface area contributed by atoms with Gasteiger partial charge in [0.1, 0.15) is 6.04 Å². The maximum absolute atomic E-state index is 12.0.